The van der Waals surface area contributed by atoms with Crippen LogP contribution in [0.4, 0.5) is 0 Å². The van der Waals surface area contributed by atoms with Gasteiger partial charge in [0.2, 0.25) is 0 Å². The SMILES string of the molecule is CCOC(=O)[C@H]1COC(C)=N1. The van der Waals surface area contributed by atoms with Crippen molar-refractivity contribution < 1.29 is 14.3 Å². The fourth-order valence-corrected chi connectivity index (χ4v) is 0.853. The van der Waals surface area contributed by atoms with Gasteiger partial charge in [0, 0.05) is 6.92 Å². The van der Waals surface area contributed by atoms with Gasteiger partial charge in [-0.1, -0.05) is 0 Å². The molecule has 1 aliphatic rings. The van der Waals surface area contributed by atoms with Crippen LogP contribution < -0.4 is 0 Å². The van der Waals surface area contributed by atoms with Crippen LogP contribution in [0.15, 0.2) is 4.99 Å². The van der Waals surface area contributed by atoms with Gasteiger partial charge in [-0.15, -0.1) is 0 Å². The summed E-state index contributed by atoms with van der Waals surface area (Å²) in [6.45, 7) is 4.21. The number of ether oxygens (including phenoxy) is 2. The Labute approximate surface area is 65.2 Å². The molecule has 0 bridgehead atoms. The van der Waals surface area contributed by atoms with Gasteiger partial charge < -0.3 is 9.47 Å². The quantitative estimate of drug-likeness (QED) is 0.544. The average molecular weight is 157 g/mol. The normalized spacial score (nSPS) is 22.4. The van der Waals surface area contributed by atoms with Gasteiger partial charge in [0.05, 0.1) is 6.61 Å². The van der Waals surface area contributed by atoms with E-state index in [9.17, 15) is 4.79 Å². The van der Waals surface area contributed by atoms with Crippen molar-refractivity contribution >= 4 is 11.9 Å². The Morgan fingerprint density at radius 2 is 2.64 bits per heavy atom. The maximum atomic E-state index is 11.0. The van der Waals surface area contributed by atoms with Crippen LogP contribution in [0.3, 0.4) is 0 Å². The summed E-state index contributed by atoms with van der Waals surface area (Å²) in [4.78, 5) is 14.9. The molecule has 62 valence electrons. The molecule has 0 unspecified atom stereocenters. The van der Waals surface area contributed by atoms with Crippen LogP contribution in [0.25, 0.3) is 0 Å². The van der Waals surface area contributed by atoms with Crippen molar-refractivity contribution in [2.24, 2.45) is 4.99 Å². The second-order valence-corrected chi connectivity index (χ2v) is 2.23. The third-order valence-electron chi connectivity index (χ3n) is 1.35. The molecule has 11 heavy (non-hydrogen) atoms. The van der Waals surface area contributed by atoms with E-state index in [1.165, 1.54) is 0 Å². The minimum atomic E-state index is -0.435. The minimum Gasteiger partial charge on any atom is -0.478 e. The lowest BCUT2D eigenvalue weighted by molar-refractivity contribution is -0.144. The van der Waals surface area contributed by atoms with E-state index in [0.29, 0.717) is 19.1 Å². The summed E-state index contributed by atoms with van der Waals surface area (Å²) in [5, 5.41) is 0. The average Bonchev–Trinajstić information content (AvgIpc) is 2.36. The fraction of sp³-hybridized carbons (Fsp3) is 0.714. The van der Waals surface area contributed by atoms with Crippen molar-refractivity contribution in [1.29, 1.82) is 0 Å². The number of carbonyl (C=O) groups excluding carboxylic acids is 1. The second kappa shape index (κ2) is 3.37. The van der Waals surface area contributed by atoms with Crippen LogP contribution in [-0.4, -0.2) is 31.1 Å². The van der Waals surface area contributed by atoms with E-state index < -0.39 is 6.04 Å². The summed E-state index contributed by atoms with van der Waals surface area (Å²) in [5.41, 5.74) is 0. The van der Waals surface area contributed by atoms with Gasteiger partial charge >= 0.3 is 5.97 Å². The van der Waals surface area contributed by atoms with Gasteiger partial charge in [-0.05, 0) is 6.92 Å². The zero-order valence-corrected chi connectivity index (χ0v) is 6.66. The maximum Gasteiger partial charge on any atom is 0.334 e. The predicted octanol–water partition coefficient (Wildman–Crippen LogP) is 0.367. The summed E-state index contributed by atoms with van der Waals surface area (Å²) in [6, 6.07) is -0.435. The molecule has 0 radical (unpaired) electrons. The Morgan fingerprint density at radius 3 is 3.09 bits per heavy atom. The third-order valence-corrected chi connectivity index (χ3v) is 1.35. The number of hydrogen-bond acceptors (Lipinski definition) is 4. The van der Waals surface area contributed by atoms with Crippen LogP contribution in [0.5, 0.6) is 0 Å². The summed E-state index contributed by atoms with van der Waals surface area (Å²) >= 11 is 0. The Kier molecular flexibility index (Phi) is 2.46. The van der Waals surface area contributed by atoms with E-state index >= 15 is 0 Å². The van der Waals surface area contributed by atoms with E-state index in [-0.39, 0.29) is 5.97 Å². The molecular formula is C7H11NO3. The first-order valence-electron chi connectivity index (χ1n) is 3.58. The standard InChI is InChI=1S/C7H11NO3/c1-3-10-7(9)6-4-11-5(2)8-6/h6H,3-4H2,1-2H3/t6-/m1/s1. The van der Waals surface area contributed by atoms with Crippen LogP contribution in [0.1, 0.15) is 13.8 Å². The molecule has 1 rings (SSSR count). The second-order valence-electron chi connectivity index (χ2n) is 2.23. The predicted molar refractivity (Wildman–Crippen MR) is 39.5 cm³/mol. The van der Waals surface area contributed by atoms with Crippen molar-refractivity contribution in [1.82, 2.24) is 0 Å². The number of hydrogen-bond donors (Lipinski definition) is 0. The van der Waals surface area contributed by atoms with Gasteiger partial charge in [-0.3, -0.25) is 0 Å². The maximum absolute atomic E-state index is 11.0. The summed E-state index contributed by atoms with van der Waals surface area (Å²) in [7, 11) is 0. The molecule has 1 aliphatic heterocycles. The van der Waals surface area contributed by atoms with Crippen molar-refractivity contribution in [3.05, 3.63) is 0 Å². The minimum absolute atomic E-state index is 0.302. The Balaban J connectivity index is 2.43. The molecule has 0 spiro atoms. The lowest BCUT2D eigenvalue weighted by Gasteiger charge is -2.02. The largest absolute Gasteiger partial charge is 0.478 e. The zero-order chi connectivity index (χ0) is 8.27. The van der Waals surface area contributed by atoms with Crippen molar-refractivity contribution in [2.45, 2.75) is 19.9 Å². The van der Waals surface area contributed by atoms with Crippen LogP contribution >= 0.6 is 0 Å². The van der Waals surface area contributed by atoms with E-state index in [1.807, 2.05) is 0 Å². The molecule has 0 aromatic heterocycles. The molecular weight excluding hydrogens is 146 g/mol. The molecule has 0 amide bonds. The highest BCUT2D eigenvalue weighted by Crippen LogP contribution is 2.05. The highest BCUT2D eigenvalue weighted by atomic mass is 16.5. The van der Waals surface area contributed by atoms with Crippen LogP contribution in [-0.2, 0) is 14.3 Å². The Bertz CT molecular complexity index is 188. The highest BCUT2D eigenvalue weighted by molar-refractivity contribution is 5.84. The monoisotopic (exact) mass is 157 g/mol. The number of carbonyl (C=O) groups is 1. The number of aliphatic imine (C=N–C) groups is 1. The van der Waals surface area contributed by atoms with Crippen LogP contribution in [0, 0.1) is 0 Å². The van der Waals surface area contributed by atoms with E-state index in [4.69, 9.17) is 9.47 Å². The first-order chi connectivity index (χ1) is 5.24. The first kappa shape index (κ1) is 8.04. The molecule has 0 aliphatic carbocycles. The molecule has 1 heterocycles. The molecule has 0 saturated heterocycles. The Hall–Kier alpha value is -1.06. The van der Waals surface area contributed by atoms with E-state index in [1.54, 1.807) is 13.8 Å². The van der Waals surface area contributed by atoms with Crippen molar-refractivity contribution in [3.8, 4) is 0 Å². The lowest BCUT2D eigenvalue weighted by atomic mass is 10.3. The molecule has 1 atom stereocenters. The van der Waals surface area contributed by atoms with E-state index in [0.717, 1.165) is 0 Å². The van der Waals surface area contributed by atoms with Gasteiger partial charge in [-0.2, -0.15) is 0 Å². The molecule has 0 saturated carbocycles. The molecule has 0 aromatic carbocycles. The first-order valence-corrected chi connectivity index (χ1v) is 3.58. The Morgan fingerprint density at radius 1 is 1.91 bits per heavy atom. The molecule has 0 fully saturated rings. The third kappa shape index (κ3) is 1.93. The van der Waals surface area contributed by atoms with Gasteiger partial charge in [-0.25, -0.2) is 9.79 Å². The van der Waals surface area contributed by atoms with Gasteiger partial charge in [0.15, 0.2) is 11.9 Å². The number of rotatable bonds is 2. The topological polar surface area (TPSA) is 47.9 Å². The summed E-state index contributed by atoms with van der Waals surface area (Å²) in [6.07, 6.45) is 0. The van der Waals surface area contributed by atoms with Crippen molar-refractivity contribution in [2.75, 3.05) is 13.2 Å². The summed E-state index contributed by atoms with van der Waals surface area (Å²) < 4.78 is 9.73. The number of nitrogens with zero attached hydrogens (tertiary/aromatic N) is 1. The van der Waals surface area contributed by atoms with Crippen LogP contribution in [0.2, 0.25) is 0 Å². The smallest absolute Gasteiger partial charge is 0.334 e. The zero-order valence-electron chi connectivity index (χ0n) is 6.66. The van der Waals surface area contributed by atoms with E-state index in [2.05, 4.69) is 4.99 Å². The molecule has 4 nitrogen and oxygen atoms in total. The fourth-order valence-electron chi connectivity index (χ4n) is 0.853. The number of esters is 1. The van der Waals surface area contributed by atoms with Gasteiger partial charge in [0.1, 0.15) is 6.61 Å². The summed E-state index contributed by atoms with van der Waals surface area (Å²) in [5.74, 6) is 0.257. The van der Waals surface area contributed by atoms with Crippen molar-refractivity contribution in [3.63, 3.8) is 0 Å². The molecule has 4 heteroatoms. The lowest BCUT2D eigenvalue weighted by Crippen LogP contribution is -2.22. The molecule has 0 aromatic rings. The highest BCUT2D eigenvalue weighted by Gasteiger charge is 2.24. The van der Waals surface area contributed by atoms with Gasteiger partial charge in [0.25, 0.3) is 0 Å². The molecule has 0 N–H and O–H groups in total.